The molecular weight excluding hydrogens is 308 g/mol. The molecule has 2 aromatic rings. The summed E-state index contributed by atoms with van der Waals surface area (Å²) in [6, 6.07) is 19.2. The molecule has 0 unspecified atom stereocenters. The van der Waals surface area contributed by atoms with Gasteiger partial charge < -0.3 is 5.11 Å². The number of hydrogen-bond donors (Lipinski definition) is 1. The van der Waals surface area contributed by atoms with E-state index in [9.17, 15) is 14.7 Å². The largest absolute Gasteiger partial charge is 0.481 e. The van der Waals surface area contributed by atoms with Crippen LogP contribution in [0.15, 0.2) is 60.7 Å². The van der Waals surface area contributed by atoms with Crippen LogP contribution in [-0.4, -0.2) is 16.2 Å². The Morgan fingerprint density at radius 2 is 1.57 bits per heavy atom. The molecular formula is C19H20O3S. The number of carbonyl (C=O) groups excluding carboxylic acids is 1. The monoisotopic (exact) mass is 328 g/mol. The van der Waals surface area contributed by atoms with E-state index < -0.39 is 11.9 Å². The zero-order valence-electron chi connectivity index (χ0n) is 13.0. The molecule has 0 aliphatic heterocycles. The minimum atomic E-state index is -0.820. The maximum absolute atomic E-state index is 11.7. The van der Waals surface area contributed by atoms with Crippen molar-refractivity contribution in [2.24, 2.45) is 5.92 Å². The first-order valence-corrected chi connectivity index (χ1v) is 8.43. The molecule has 0 fully saturated rings. The van der Waals surface area contributed by atoms with Crippen LogP contribution in [0.4, 0.5) is 0 Å². The van der Waals surface area contributed by atoms with Crippen molar-refractivity contribution in [3.8, 4) is 0 Å². The molecule has 0 saturated heterocycles. The van der Waals surface area contributed by atoms with Crippen molar-refractivity contribution in [2.45, 2.75) is 25.0 Å². The summed E-state index contributed by atoms with van der Waals surface area (Å²) in [7, 11) is 0. The Hall–Kier alpha value is -2.07. The predicted molar refractivity (Wildman–Crippen MR) is 93.3 cm³/mol. The van der Waals surface area contributed by atoms with E-state index >= 15 is 0 Å². The Balaban J connectivity index is 2.17. The lowest BCUT2D eigenvalue weighted by Crippen LogP contribution is -2.19. The van der Waals surface area contributed by atoms with E-state index in [0.717, 1.165) is 11.1 Å². The average molecular weight is 328 g/mol. The number of carboxylic acids is 1. The van der Waals surface area contributed by atoms with Gasteiger partial charge in [-0.15, -0.1) is 0 Å². The smallest absolute Gasteiger partial charge is 0.306 e. The highest BCUT2D eigenvalue weighted by molar-refractivity contribution is 8.13. The van der Waals surface area contributed by atoms with Crippen molar-refractivity contribution in [3.05, 3.63) is 71.8 Å². The number of carboxylic acid groups (broad SMARTS) is 1. The van der Waals surface area contributed by atoms with Crippen molar-refractivity contribution < 1.29 is 14.7 Å². The van der Waals surface area contributed by atoms with Gasteiger partial charge in [-0.3, -0.25) is 9.59 Å². The first-order valence-electron chi connectivity index (χ1n) is 7.55. The maximum Gasteiger partial charge on any atom is 0.306 e. The molecule has 2 atom stereocenters. The molecule has 2 aromatic carbocycles. The molecule has 0 radical (unpaired) electrons. The van der Waals surface area contributed by atoms with Crippen molar-refractivity contribution in [1.29, 1.82) is 0 Å². The summed E-state index contributed by atoms with van der Waals surface area (Å²) < 4.78 is 0. The molecule has 0 aliphatic carbocycles. The first kappa shape index (κ1) is 17.3. The SMILES string of the molecule is CC(=O)S[C@H](C[C@H](Cc1ccccc1)C(=O)O)c1ccccc1. The van der Waals surface area contributed by atoms with E-state index in [1.165, 1.54) is 18.7 Å². The van der Waals surface area contributed by atoms with E-state index in [1.54, 1.807) is 0 Å². The highest BCUT2D eigenvalue weighted by Gasteiger charge is 2.25. The lowest BCUT2D eigenvalue weighted by Gasteiger charge is -2.20. The zero-order chi connectivity index (χ0) is 16.7. The Labute approximate surface area is 140 Å². The molecule has 2 rings (SSSR count). The molecule has 0 bridgehead atoms. The predicted octanol–water partition coefficient (Wildman–Crippen LogP) is 4.34. The van der Waals surface area contributed by atoms with Gasteiger partial charge in [-0.1, -0.05) is 72.4 Å². The van der Waals surface area contributed by atoms with Crippen molar-refractivity contribution in [3.63, 3.8) is 0 Å². The molecule has 23 heavy (non-hydrogen) atoms. The normalized spacial score (nSPS) is 13.3. The topological polar surface area (TPSA) is 54.4 Å². The van der Waals surface area contributed by atoms with Gasteiger partial charge >= 0.3 is 5.97 Å². The lowest BCUT2D eigenvalue weighted by atomic mass is 9.92. The quantitative estimate of drug-likeness (QED) is 0.821. The fraction of sp³-hybridized carbons (Fsp3) is 0.263. The summed E-state index contributed by atoms with van der Waals surface area (Å²) in [5.74, 6) is -1.34. The second-order valence-corrected chi connectivity index (χ2v) is 6.85. The maximum atomic E-state index is 11.7. The summed E-state index contributed by atoms with van der Waals surface area (Å²) in [6.45, 7) is 1.52. The van der Waals surface area contributed by atoms with Crippen LogP contribution in [0.2, 0.25) is 0 Å². The van der Waals surface area contributed by atoms with Gasteiger partial charge in [-0.2, -0.15) is 0 Å². The van der Waals surface area contributed by atoms with Gasteiger partial charge in [0.25, 0.3) is 0 Å². The standard InChI is InChI=1S/C19H20O3S/c1-14(20)23-18(16-10-6-3-7-11-16)13-17(19(21)22)12-15-8-4-2-5-9-15/h2-11,17-18H,12-13H2,1H3,(H,21,22)/t17-,18+/m0/s1. The number of rotatable bonds is 7. The third-order valence-electron chi connectivity index (χ3n) is 3.65. The van der Waals surface area contributed by atoms with Crippen LogP contribution in [0.5, 0.6) is 0 Å². The summed E-state index contributed by atoms with van der Waals surface area (Å²) in [6.07, 6.45) is 0.899. The fourth-order valence-electron chi connectivity index (χ4n) is 2.55. The van der Waals surface area contributed by atoms with Gasteiger partial charge in [0.05, 0.1) is 5.92 Å². The first-order chi connectivity index (χ1) is 11.1. The highest BCUT2D eigenvalue weighted by atomic mass is 32.2. The Morgan fingerprint density at radius 1 is 1.00 bits per heavy atom. The zero-order valence-corrected chi connectivity index (χ0v) is 13.8. The van der Waals surface area contributed by atoms with Gasteiger partial charge in [-0.05, 0) is 24.0 Å². The number of thioether (sulfide) groups is 1. The minimum Gasteiger partial charge on any atom is -0.481 e. The molecule has 4 heteroatoms. The van der Waals surface area contributed by atoms with Crippen LogP contribution < -0.4 is 0 Å². The van der Waals surface area contributed by atoms with Crippen LogP contribution >= 0.6 is 11.8 Å². The second-order valence-electron chi connectivity index (χ2n) is 5.47. The third kappa shape index (κ3) is 5.57. The molecule has 120 valence electrons. The molecule has 0 aromatic heterocycles. The van der Waals surface area contributed by atoms with E-state index in [-0.39, 0.29) is 10.4 Å². The molecule has 0 heterocycles. The molecule has 3 nitrogen and oxygen atoms in total. The number of hydrogen-bond acceptors (Lipinski definition) is 3. The van der Waals surface area contributed by atoms with Gasteiger partial charge in [0.15, 0.2) is 5.12 Å². The van der Waals surface area contributed by atoms with Gasteiger partial charge in [0, 0.05) is 12.2 Å². The summed E-state index contributed by atoms with van der Waals surface area (Å²) in [4.78, 5) is 23.2. The van der Waals surface area contributed by atoms with Gasteiger partial charge in [-0.25, -0.2) is 0 Å². The molecule has 0 aliphatic rings. The van der Waals surface area contributed by atoms with Crippen LogP contribution in [-0.2, 0) is 16.0 Å². The van der Waals surface area contributed by atoms with Crippen LogP contribution in [0.1, 0.15) is 29.7 Å². The molecule has 0 saturated carbocycles. The van der Waals surface area contributed by atoms with E-state index in [2.05, 4.69) is 0 Å². The van der Waals surface area contributed by atoms with Crippen LogP contribution in [0, 0.1) is 5.92 Å². The second kappa shape index (κ2) is 8.53. The van der Waals surface area contributed by atoms with Crippen LogP contribution in [0.25, 0.3) is 0 Å². The summed E-state index contributed by atoms with van der Waals surface area (Å²) >= 11 is 1.21. The summed E-state index contributed by atoms with van der Waals surface area (Å²) in [5.41, 5.74) is 1.99. The number of carbonyl (C=O) groups is 2. The highest BCUT2D eigenvalue weighted by Crippen LogP contribution is 2.36. The molecule has 0 amide bonds. The van der Waals surface area contributed by atoms with Crippen molar-refractivity contribution in [2.75, 3.05) is 0 Å². The number of benzene rings is 2. The molecule has 1 N–H and O–H groups in total. The van der Waals surface area contributed by atoms with E-state index in [1.807, 2.05) is 60.7 Å². The Bertz CT molecular complexity index is 640. The van der Waals surface area contributed by atoms with E-state index in [4.69, 9.17) is 0 Å². The molecule has 0 spiro atoms. The Morgan fingerprint density at radius 3 is 2.09 bits per heavy atom. The average Bonchev–Trinajstić information content (AvgIpc) is 2.54. The van der Waals surface area contributed by atoms with Crippen molar-refractivity contribution >= 4 is 22.8 Å². The van der Waals surface area contributed by atoms with Gasteiger partial charge in [0.1, 0.15) is 0 Å². The Kier molecular flexibility index (Phi) is 6.41. The van der Waals surface area contributed by atoms with Crippen molar-refractivity contribution in [1.82, 2.24) is 0 Å². The number of aliphatic carboxylic acids is 1. The fourth-order valence-corrected chi connectivity index (χ4v) is 3.57. The van der Waals surface area contributed by atoms with Gasteiger partial charge in [0.2, 0.25) is 0 Å². The minimum absolute atomic E-state index is 0.00250. The van der Waals surface area contributed by atoms with Crippen LogP contribution in [0.3, 0.4) is 0 Å². The summed E-state index contributed by atoms with van der Waals surface area (Å²) in [5, 5.41) is 9.43. The van der Waals surface area contributed by atoms with E-state index in [0.29, 0.717) is 12.8 Å². The lowest BCUT2D eigenvalue weighted by molar-refractivity contribution is -0.142. The third-order valence-corrected chi connectivity index (χ3v) is 4.73.